The van der Waals surface area contributed by atoms with Crippen molar-refractivity contribution in [3.8, 4) is 0 Å². The number of hydrogen-bond donors (Lipinski definition) is 1. The third-order valence-electron chi connectivity index (χ3n) is 6.02. The molecule has 0 radical (unpaired) electrons. The normalized spacial score (nSPS) is 14.6. The first kappa shape index (κ1) is 27.7. The van der Waals surface area contributed by atoms with Gasteiger partial charge in [0.15, 0.2) is 0 Å². The van der Waals surface area contributed by atoms with E-state index in [2.05, 4.69) is 22.3 Å². The van der Waals surface area contributed by atoms with Gasteiger partial charge in [0, 0.05) is 37.8 Å². The van der Waals surface area contributed by atoms with Crippen molar-refractivity contribution < 1.29 is 13.2 Å². The van der Waals surface area contributed by atoms with E-state index in [9.17, 15) is 13.2 Å². The highest BCUT2D eigenvalue weighted by molar-refractivity contribution is 6.15. The smallest absolute Gasteiger partial charge is 0.377 e. The Bertz CT molecular complexity index is 1010. The molecule has 0 spiro atoms. The third-order valence-corrected chi connectivity index (χ3v) is 6.02. The van der Waals surface area contributed by atoms with Crippen LogP contribution in [0.2, 0.25) is 0 Å². The average Bonchev–Trinajstić information content (AvgIpc) is 3.71. The number of nitrogens with zero attached hydrogens (tertiary/aromatic N) is 2. The molecule has 1 heterocycles. The quantitative estimate of drug-likeness (QED) is 0.398. The number of halogens is 4. The molecule has 4 rings (SSSR count). The molecule has 3 aromatic rings. The Morgan fingerprint density at radius 2 is 1.56 bits per heavy atom. The minimum Gasteiger partial charge on any atom is -0.377 e. The molecule has 2 N–H and O–H groups in total. The number of aromatic nitrogens is 1. The molecule has 1 aliphatic carbocycles. The number of alkyl halides is 4. The van der Waals surface area contributed by atoms with Crippen LogP contribution in [0.4, 0.5) is 18.9 Å². The van der Waals surface area contributed by atoms with Crippen molar-refractivity contribution in [2.24, 2.45) is 11.7 Å². The summed E-state index contributed by atoms with van der Waals surface area (Å²) in [6, 6.07) is 20.5. The summed E-state index contributed by atoms with van der Waals surface area (Å²) in [5, 5.41) is 0. The van der Waals surface area contributed by atoms with Crippen LogP contribution in [0.15, 0.2) is 72.9 Å². The van der Waals surface area contributed by atoms with Crippen LogP contribution >= 0.6 is 11.6 Å². The molecule has 1 atom stereocenters. The molecule has 0 amide bonds. The molecule has 0 aliphatic heterocycles. The van der Waals surface area contributed by atoms with Gasteiger partial charge in [0.2, 0.25) is 0 Å². The second kappa shape index (κ2) is 12.2. The van der Waals surface area contributed by atoms with Crippen LogP contribution in [-0.4, -0.2) is 32.5 Å². The van der Waals surface area contributed by atoms with Crippen molar-refractivity contribution >= 4 is 17.3 Å². The van der Waals surface area contributed by atoms with Crippen LogP contribution in [0.5, 0.6) is 0 Å². The Morgan fingerprint density at radius 3 is 2.06 bits per heavy atom. The summed E-state index contributed by atoms with van der Waals surface area (Å²) in [6.45, 7) is 0. The second-order valence-electron chi connectivity index (χ2n) is 8.25. The monoisotopic (exact) mass is 491 g/mol. The summed E-state index contributed by atoms with van der Waals surface area (Å²) < 4.78 is 41.9. The lowest BCUT2D eigenvalue weighted by Gasteiger charge is -2.36. The first-order valence-electron chi connectivity index (χ1n) is 11.1. The average molecular weight is 492 g/mol. The van der Waals surface area contributed by atoms with Gasteiger partial charge < -0.3 is 10.6 Å². The zero-order valence-electron chi connectivity index (χ0n) is 20.1. The molecular weight excluding hydrogens is 459 g/mol. The third kappa shape index (κ3) is 6.10. The summed E-state index contributed by atoms with van der Waals surface area (Å²) in [4.78, 5) is 6.16. The van der Waals surface area contributed by atoms with Crippen molar-refractivity contribution in [2.75, 3.05) is 32.4 Å². The minimum absolute atomic E-state index is 0.177. The Kier molecular flexibility index (Phi) is 9.95. The van der Waals surface area contributed by atoms with Crippen LogP contribution in [0.3, 0.4) is 0 Å². The second-order valence-corrected chi connectivity index (χ2v) is 8.25. The molecule has 184 valence electrons. The summed E-state index contributed by atoms with van der Waals surface area (Å²) in [7, 11) is 4.78. The van der Waals surface area contributed by atoms with Crippen molar-refractivity contribution in [1.29, 1.82) is 0 Å². The van der Waals surface area contributed by atoms with E-state index in [1.54, 1.807) is 26.4 Å². The predicted molar refractivity (Wildman–Crippen MR) is 136 cm³/mol. The fourth-order valence-electron chi connectivity index (χ4n) is 4.48. The molecule has 2 aromatic carbocycles. The number of nitrogens with two attached hydrogens (primary N) is 1. The fraction of sp³-hybridized carbons (Fsp3) is 0.370. The highest BCUT2D eigenvalue weighted by atomic mass is 35.5. The minimum atomic E-state index is -4.43. The van der Waals surface area contributed by atoms with Gasteiger partial charge in [0.1, 0.15) is 0 Å². The van der Waals surface area contributed by atoms with Crippen LogP contribution < -0.4 is 10.6 Å². The summed E-state index contributed by atoms with van der Waals surface area (Å²) >= 11 is 4.64. The Hall–Kier alpha value is -2.57. The van der Waals surface area contributed by atoms with Crippen LogP contribution in [-0.2, 0) is 18.0 Å². The van der Waals surface area contributed by atoms with E-state index in [-0.39, 0.29) is 11.6 Å². The lowest BCUT2D eigenvalue weighted by atomic mass is 9.68. The zero-order chi connectivity index (χ0) is 25.4. The summed E-state index contributed by atoms with van der Waals surface area (Å²) in [5.41, 5.74) is 6.11. The van der Waals surface area contributed by atoms with E-state index < -0.39 is 17.2 Å². The van der Waals surface area contributed by atoms with Gasteiger partial charge in [-0.1, -0.05) is 42.5 Å². The van der Waals surface area contributed by atoms with E-state index >= 15 is 0 Å². The van der Waals surface area contributed by atoms with E-state index in [0.29, 0.717) is 12.0 Å². The number of hydrogen-bond acceptors (Lipinski definition) is 3. The lowest BCUT2D eigenvalue weighted by molar-refractivity contribution is -0.137. The van der Waals surface area contributed by atoms with Gasteiger partial charge in [-0.05, 0) is 67.6 Å². The Labute approximate surface area is 205 Å². The Balaban J connectivity index is 0.000000970. The predicted octanol–water partition coefficient (Wildman–Crippen LogP) is 6.54. The lowest BCUT2D eigenvalue weighted by Crippen LogP contribution is -2.35. The van der Waals surface area contributed by atoms with E-state index in [1.165, 1.54) is 24.4 Å². The SMILES string of the molecule is CCl.CN.CN(C)c1ccc(C(Cc2ccccc2)(c2ccccn2)C2CC2)cc1C(F)(F)F. The maximum atomic E-state index is 14.0. The topological polar surface area (TPSA) is 42.1 Å². The molecule has 1 unspecified atom stereocenters. The van der Waals surface area contributed by atoms with Gasteiger partial charge in [-0.3, -0.25) is 4.98 Å². The fourth-order valence-corrected chi connectivity index (χ4v) is 4.48. The summed E-state index contributed by atoms with van der Waals surface area (Å²) in [5.74, 6) is 0.263. The molecule has 0 bridgehead atoms. The van der Waals surface area contributed by atoms with Crippen molar-refractivity contribution in [2.45, 2.75) is 30.9 Å². The maximum absolute atomic E-state index is 14.0. The molecule has 1 fully saturated rings. The van der Waals surface area contributed by atoms with Gasteiger partial charge >= 0.3 is 6.18 Å². The molecule has 1 aliphatic rings. The first-order valence-corrected chi connectivity index (χ1v) is 11.9. The van der Waals surface area contributed by atoms with Crippen molar-refractivity contribution in [3.63, 3.8) is 0 Å². The van der Waals surface area contributed by atoms with Gasteiger partial charge in [-0.25, -0.2) is 0 Å². The van der Waals surface area contributed by atoms with Crippen LogP contribution in [0.25, 0.3) is 0 Å². The number of rotatable bonds is 6. The van der Waals surface area contributed by atoms with Crippen LogP contribution in [0, 0.1) is 5.92 Å². The zero-order valence-corrected chi connectivity index (χ0v) is 20.9. The van der Waals surface area contributed by atoms with Gasteiger partial charge in [0.05, 0.1) is 11.3 Å². The van der Waals surface area contributed by atoms with E-state index in [0.717, 1.165) is 24.1 Å². The van der Waals surface area contributed by atoms with Gasteiger partial charge in [-0.15, -0.1) is 11.6 Å². The van der Waals surface area contributed by atoms with Crippen molar-refractivity contribution in [1.82, 2.24) is 4.98 Å². The first-order chi connectivity index (χ1) is 16.3. The largest absolute Gasteiger partial charge is 0.418 e. The highest BCUT2D eigenvalue weighted by Crippen LogP contribution is 2.53. The number of anilines is 1. The molecule has 0 saturated heterocycles. The standard InChI is InChI=1S/C25H25F3N2.CH3Cl.CH5N/c1-30(2)22-14-13-20(16-21(22)25(26,27)28)24(19-11-12-19,23-10-6-7-15-29-23)17-18-8-4-3-5-9-18;2*1-2/h3-10,13-16,19H,11-12,17H2,1-2H3;1H3;2H2,1H3. The maximum Gasteiger partial charge on any atom is 0.418 e. The molecule has 1 aromatic heterocycles. The van der Waals surface area contributed by atoms with E-state index in [4.69, 9.17) is 0 Å². The highest BCUT2D eigenvalue weighted by Gasteiger charge is 2.49. The molecule has 34 heavy (non-hydrogen) atoms. The molecule has 7 heteroatoms. The Morgan fingerprint density at radius 1 is 0.941 bits per heavy atom. The van der Waals surface area contributed by atoms with E-state index in [1.807, 2.05) is 54.6 Å². The van der Waals surface area contributed by atoms with Gasteiger partial charge in [-0.2, -0.15) is 13.2 Å². The molecule has 3 nitrogen and oxygen atoms in total. The van der Waals surface area contributed by atoms with Crippen molar-refractivity contribution in [3.05, 3.63) is 95.3 Å². The summed E-state index contributed by atoms with van der Waals surface area (Å²) in [6.07, 6.45) is 1.37. The molecule has 1 saturated carbocycles. The number of pyridine rings is 1. The van der Waals surface area contributed by atoms with Crippen LogP contribution in [0.1, 0.15) is 35.2 Å². The van der Waals surface area contributed by atoms with Gasteiger partial charge in [0.25, 0.3) is 0 Å². The molecular formula is C27H33ClF3N3. The number of benzene rings is 2.